The highest BCUT2D eigenvalue weighted by Crippen LogP contribution is 2.38. The summed E-state index contributed by atoms with van der Waals surface area (Å²) in [5.74, 6) is -3.11. The summed E-state index contributed by atoms with van der Waals surface area (Å²) in [6, 6.07) is 3.20. The second kappa shape index (κ2) is 8.99. The van der Waals surface area contributed by atoms with E-state index < -0.39 is 35.4 Å². The number of hydrogen-bond donors (Lipinski definition) is 1. The Kier molecular flexibility index (Phi) is 6.03. The maximum Gasteiger partial charge on any atom is 0.335 e. The normalized spacial score (nSPS) is 23.9. The number of halogens is 3. The molecule has 4 aliphatic rings. The van der Waals surface area contributed by atoms with Gasteiger partial charge in [-0.05, 0) is 37.1 Å². The van der Waals surface area contributed by atoms with Crippen LogP contribution in [0.25, 0.3) is 0 Å². The van der Waals surface area contributed by atoms with Crippen molar-refractivity contribution in [1.29, 1.82) is 0 Å². The second-order valence-corrected chi connectivity index (χ2v) is 8.65. The van der Waals surface area contributed by atoms with E-state index in [1.807, 2.05) is 4.90 Å². The second-order valence-electron chi connectivity index (χ2n) is 8.65. The highest BCUT2D eigenvalue weighted by atomic mass is 19.1. The number of carbonyl (C=O) groups excluding carboxylic acids is 1. The van der Waals surface area contributed by atoms with Crippen LogP contribution in [0.15, 0.2) is 53.3 Å². The molecule has 0 aromatic heterocycles. The number of nitrogens with zero attached hydrogens (tertiary/aromatic N) is 2. The topological polar surface area (TPSA) is 63.3 Å². The summed E-state index contributed by atoms with van der Waals surface area (Å²) in [6.45, 7) is 3.90. The van der Waals surface area contributed by atoms with Crippen molar-refractivity contribution in [3.63, 3.8) is 0 Å². The number of dihydropyridines is 1. The molecular formula is C24H26F3N3O4. The zero-order valence-electron chi connectivity index (χ0n) is 18.8. The number of ether oxygens (including phenoxy) is 3. The van der Waals surface area contributed by atoms with Gasteiger partial charge >= 0.3 is 5.97 Å². The first-order chi connectivity index (χ1) is 16.4. The molecule has 4 heterocycles. The van der Waals surface area contributed by atoms with E-state index in [-0.39, 0.29) is 30.1 Å². The Morgan fingerprint density at radius 3 is 2.79 bits per heavy atom. The van der Waals surface area contributed by atoms with Crippen LogP contribution >= 0.6 is 0 Å². The third-order valence-corrected chi connectivity index (χ3v) is 6.39. The zero-order valence-corrected chi connectivity index (χ0v) is 18.8. The summed E-state index contributed by atoms with van der Waals surface area (Å²) in [6.07, 6.45) is 3.70. The minimum atomic E-state index is -0.803. The van der Waals surface area contributed by atoms with Crippen molar-refractivity contribution in [2.24, 2.45) is 0 Å². The third kappa shape index (κ3) is 4.16. The summed E-state index contributed by atoms with van der Waals surface area (Å²) < 4.78 is 60.5. The minimum Gasteiger partial charge on any atom is -0.463 e. The molecule has 1 unspecified atom stereocenters. The summed E-state index contributed by atoms with van der Waals surface area (Å²) in [4.78, 5) is 15.7. The lowest BCUT2D eigenvalue weighted by molar-refractivity contribution is -0.256. The van der Waals surface area contributed by atoms with Crippen LogP contribution in [-0.4, -0.2) is 55.7 Å². The van der Waals surface area contributed by atoms with E-state index in [9.17, 15) is 13.6 Å². The molecule has 1 spiro atoms. The molecule has 1 atom stereocenters. The van der Waals surface area contributed by atoms with Crippen LogP contribution in [0, 0.1) is 11.6 Å². The Labute approximate surface area is 195 Å². The van der Waals surface area contributed by atoms with Crippen LogP contribution < -0.4 is 10.2 Å². The van der Waals surface area contributed by atoms with Crippen LogP contribution in [0.3, 0.4) is 0 Å². The van der Waals surface area contributed by atoms with E-state index in [1.165, 1.54) is 23.2 Å². The van der Waals surface area contributed by atoms with E-state index in [0.29, 0.717) is 38.3 Å². The Balaban J connectivity index is 1.48. The molecule has 2 fully saturated rings. The number of likely N-dealkylation sites (tertiary alicyclic amines) is 1. The van der Waals surface area contributed by atoms with Gasteiger partial charge in [0.15, 0.2) is 11.6 Å². The molecule has 7 nitrogen and oxygen atoms in total. The van der Waals surface area contributed by atoms with Crippen molar-refractivity contribution >= 4 is 11.7 Å². The molecule has 1 aromatic carbocycles. The van der Waals surface area contributed by atoms with Crippen molar-refractivity contribution in [1.82, 2.24) is 10.2 Å². The zero-order chi connectivity index (χ0) is 23.9. The smallest absolute Gasteiger partial charge is 0.335 e. The molecule has 0 radical (unpaired) electrons. The largest absolute Gasteiger partial charge is 0.463 e. The van der Waals surface area contributed by atoms with Crippen molar-refractivity contribution < 1.29 is 32.2 Å². The number of rotatable bonds is 4. The molecule has 2 saturated heterocycles. The molecule has 0 amide bonds. The summed E-state index contributed by atoms with van der Waals surface area (Å²) in [5, 5.41) is 3.17. The first kappa shape index (κ1) is 22.8. The Morgan fingerprint density at radius 2 is 2.06 bits per heavy atom. The number of benzene rings is 1. The van der Waals surface area contributed by atoms with Crippen LogP contribution in [0.1, 0.15) is 26.2 Å². The fourth-order valence-electron chi connectivity index (χ4n) is 4.79. The molecule has 1 aromatic rings. The Bertz CT molecular complexity index is 1080. The molecule has 34 heavy (non-hydrogen) atoms. The van der Waals surface area contributed by atoms with Gasteiger partial charge in [-0.15, -0.1) is 0 Å². The number of esters is 1. The quantitative estimate of drug-likeness (QED) is 0.667. The molecule has 0 bridgehead atoms. The maximum atomic E-state index is 15.3. The maximum absolute atomic E-state index is 15.3. The number of anilines is 1. The van der Waals surface area contributed by atoms with Gasteiger partial charge < -0.3 is 29.3 Å². The van der Waals surface area contributed by atoms with Gasteiger partial charge in [0, 0.05) is 31.7 Å². The van der Waals surface area contributed by atoms with Gasteiger partial charge in [-0.1, -0.05) is 0 Å². The van der Waals surface area contributed by atoms with Gasteiger partial charge in [-0.2, -0.15) is 0 Å². The van der Waals surface area contributed by atoms with Gasteiger partial charge in [0.2, 0.25) is 0 Å². The lowest BCUT2D eigenvalue weighted by Gasteiger charge is -2.42. The van der Waals surface area contributed by atoms with Crippen molar-refractivity contribution in [3.8, 4) is 0 Å². The van der Waals surface area contributed by atoms with E-state index in [1.54, 1.807) is 6.92 Å². The number of nitrogens with one attached hydrogen (secondary N) is 1. The minimum absolute atomic E-state index is 0.0461. The average Bonchev–Trinajstić information content (AvgIpc) is 3.21. The van der Waals surface area contributed by atoms with Gasteiger partial charge in [-0.25, -0.2) is 18.0 Å². The lowest BCUT2D eigenvalue weighted by Crippen LogP contribution is -2.52. The number of fused-ring (bicyclic) bond motifs is 1. The van der Waals surface area contributed by atoms with Gasteiger partial charge in [-0.3, -0.25) is 0 Å². The van der Waals surface area contributed by atoms with E-state index in [2.05, 4.69) is 5.32 Å². The van der Waals surface area contributed by atoms with Gasteiger partial charge in [0.05, 0.1) is 37.6 Å². The number of allylic oxidation sites excluding steroid dienone is 2. The fourth-order valence-corrected chi connectivity index (χ4v) is 4.79. The highest BCUT2D eigenvalue weighted by molar-refractivity contribution is 5.90. The highest BCUT2D eigenvalue weighted by Gasteiger charge is 2.45. The van der Waals surface area contributed by atoms with Gasteiger partial charge in [0.25, 0.3) is 0 Å². The first-order valence-electron chi connectivity index (χ1n) is 11.4. The van der Waals surface area contributed by atoms with Crippen LogP contribution in [0.5, 0.6) is 0 Å². The van der Waals surface area contributed by atoms with Crippen molar-refractivity contribution in [2.75, 3.05) is 37.8 Å². The molecule has 0 aliphatic carbocycles. The predicted octanol–water partition coefficient (Wildman–Crippen LogP) is 3.46. The molecule has 1 N–H and O–H groups in total. The van der Waals surface area contributed by atoms with Gasteiger partial charge in [0.1, 0.15) is 23.6 Å². The van der Waals surface area contributed by atoms with E-state index in [4.69, 9.17) is 14.2 Å². The fraction of sp³-hybridized carbons (Fsp3) is 0.458. The molecule has 5 rings (SSSR count). The van der Waals surface area contributed by atoms with E-state index >= 15 is 4.39 Å². The van der Waals surface area contributed by atoms with Crippen molar-refractivity contribution in [2.45, 2.75) is 38.1 Å². The SMILES string of the molecule is CCOC(=O)C1=CN(c2ccc(F)cc2F)C2NC(N3CCC4(C3)OCCCO4)=C(F)C=C2C1. The van der Waals surface area contributed by atoms with Crippen LogP contribution in [-0.2, 0) is 19.0 Å². The summed E-state index contributed by atoms with van der Waals surface area (Å²) >= 11 is 0. The molecule has 182 valence electrons. The first-order valence-corrected chi connectivity index (χ1v) is 11.4. The average molecular weight is 477 g/mol. The number of carbonyl (C=O) groups is 1. The Hall–Kier alpha value is -2.98. The van der Waals surface area contributed by atoms with E-state index in [0.717, 1.165) is 18.6 Å². The predicted molar refractivity (Wildman–Crippen MR) is 117 cm³/mol. The summed E-state index contributed by atoms with van der Waals surface area (Å²) in [5.41, 5.74) is 0.814. The van der Waals surface area contributed by atoms with Crippen LogP contribution in [0.2, 0.25) is 0 Å². The van der Waals surface area contributed by atoms with Crippen LogP contribution in [0.4, 0.5) is 18.9 Å². The summed E-state index contributed by atoms with van der Waals surface area (Å²) in [7, 11) is 0. The van der Waals surface area contributed by atoms with Crippen molar-refractivity contribution in [3.05, 3.63) is 64.9 Å². The lowest BCUT2D eigenvalue weighted by atomic mass is 9.95. The molecule has 0 saturated carbocycles. The number of hydrogen-bond acceptors (Lipinski definition) is 7. The Morgan fingerprint density at radius 1 is 1.26 bits per heavy atom. The third-order valence-electron chi connectivity index (χ3n) is 6.39. The molecular weight excluding hydrogens is 451 g/mol. The molecule has 10 heteroatoms. The monoisotopic (exact) mass is 477 g/mol. The molecule has 4 aliphatic heterocycles. The standard InChI is InChI=1S/C24H26F3N3O4/c1-2-32-23(31)16-10-15-11-19(27)22(29-7-6-24(14-29)33-8-3-9-34-24)28-21(15)30(13-16)20-5-4-17(25)12-18(20)26/h4-5,11-13,21,28H,2-3,6-10,14H2,1H3.